The molecular formula is C17H21NO5. The van der Waals surface area contributed by atoms with Crippen LogP contribution in [0.2, 0.25) is 0 Å². The monoisotopic (exact) mass is 319 g/mol. The van der Waals surface area contributed by atoms with Gasteiger partial charge in [0.05, 0.1) is 6.61 Å². The molecule has 124 valence electrons. The summed E-state index contributed by atoms with van der Waals surface area (Å²) < 4.78 is 5.17. The Morgan fingerprint density at radius 2 is 1.83 bits per heavy atom. The van der Waals surface area contributed by atoms with E-state index in [2.05, 4.69) is 11.4 Å². The molecule has 23 heavy (non-hydrogen) atoms. The predicted molar refractivity (Wildman–Crippen MR) is 84.6 cm³/mol. The first kappa shape index (κ1) is 16.3. The Labute approximate surface area is 134 Å². The van der Waals surface area contributed by atoms with E-state index in [0.717, 1.165) is 10.9 Å². The molecule has 0 aromatic heterocycles. The highest BCUT2D eigenvalue weighted by atomic mass is 16.7. The lowest BCUT2D eigenvalue weighted by molar-refractivity contribution is -0.245. The van der Waals surface area contributed by atoms with Crippen molar-refractivity contribution in [2.24, 2.45) is 0 Å². The number of aliphatic hydroxyl groups excluding tert-OH is 3. The molecular weight excluding hydrogens is 298 g/mol. The average molecular weight is 319 g/mol. The van der Waals surface area contributed by atoms with Gasteiger partial charge in [0.2, 0.25) is 5.79 Å². The number of nitrogens with one attached hydrogen (secondary N) is 1. The van der Waals surface area contributed by atoms with Crippen LogP contribution in [0.1, 0.15) is 5.56 Å². The zero-order chi connectivity index (χ0) is 16.4. The highest BCUT2D eigenvalue weighted by Crippen LogP contribution is 2.28. The van der Waals surface area contributed by atoms with E-state index in [-0.39, 0.29) is 6.54 Å². The summed E-state index contributed by atoms with van der Waals surface area (Å²) in [7, 11) is 0. The van der Waals surface area contributed by atoms with Gasteiger partial charge in [-0.05, 0) is 22.4 Å². The lowest BCUT2D eigenvalue weighted by Gasteiger charge is -2.22. The first-order valence-corrected chi connectivity index (χ1v) is 7.59. The van der Waals surface area contributed by atoms with Crippen LogP contribution < -0.4 is 5.32 Å². The molecule has 3 rings (SSSR count). The summed E-state index contributed by atoms with van der Waals surface area (Å²) in [4.78, 5) is 0. The van der Waals surface area contributed by atoms with Gasteiger partial charge in [0, 0.05) is 13.1 Å². The van der Waals surface area contributed by atoms with Crippen LogP contribution in [-0.2, 0) is 11.3 Å². The molecule has 0 saturated carbocycles. The minimum atomic E-state index is -2.10. The van der Waals surface area contributed by atoms with Crippen molar-refractivity contribution in [3.05, 3.63) is 48.0 Å². The van der Waals surface area contributed by atoms with Gasteiger partial charge >= 0.3 is 0 Å². The van der Waals surface area contributed by atoms with E-state index in [0.29, 0.717) is 6.54 Å². The van der Waals surface area contributed by atoms with Crippen LogP contribution in [0, 0.1) is 0 Å². The summed E-state index contributed by atoms with van der Waals surface area (Å²) in [5, 5.41) is 43.9. The summed E-state index contributed by atoms with van der Waals surface area (Å²) in [5.41, 5.74) is 1.08. The van der Waals surface area contributed by atoms with Gasteiger partial charge in [-0.2, -0.15) is 0 Å². The number of hydrogen-bond acceptors (Lipinski definition) is 6. The second kappa shape index (κ2) is 6.52. The number of ether oxygens (including phenoxy) is 1. The summed E-state index contributed by atoms with van der Waals surface area (Å²) >= 11 is 0. The highest BCUT2D eigenvalue weighted by Gasteiger charge is 2.52. The molecule has 1 aliphatic heterocycles. The zero-order valence-electron chi connectivity index (χ0n) is 12.6. The second-order valence-electron chi connectivity index (χ2n) is 5.91. The maximum Gasteiger partial charge on any atom is 0.219 e. The SMILES string of the molecule is OC[C@]1(O)O[C@H](CNCc2ccc3ccccc3c2)[C@@H](O)[C@@H]1O. The molecule has 1 aliphatic rings. The molecule has 5 N–H and O–H groups in total. The fraction of sp³-hybridized carbons (Fsp3) is 0.412. The third-order valence-corrected chi connectivity index (χ3v) is 4.24. The van der Waals surface area contributed by atoms with E-state index in [4.69, 9.17) is 9.84 Å². The Morgan fingerprint density at radius 3 is 2.52 bits per heavy atom. The van der Waals surface area contributed by atoms with Gasteiger partial charge < -0.3 is 30.5 Å². The second-order valence-corrected chi connectivity index (χ2v) is 5.91. The molecule has 2 aromatic carbocycles. The Kier molecular flexibility index (Phi) is 4.63. The van der Waals surface area contributed by atoms with Crippen molar-refractivity contribution in [2.75, 3.05) is 13.2 Å². The van der Waals surface area contributed by atoms with Crippen LogP contribution >= 0.6 is 0 Å². The minimum Gasteiger partial charge on any atom is -0.391 e. The molecule has 0 aliphatic carbocycles. The largest absolute Gasteiger partial charge is 0.391 e. The van der Waals surface area contributed by atoms with Crippen LogP contribution in [0.3, 0.4) is 0 Å². The van der Waals surface area contributed by atoms with E-state index in [1.807, 2.05) is 36.4 Å². The van der Waals surface area contributed by atoms with E-state index in [1.165, 1.54) is 5.39 Å². The standard InChI is InChI=1S/C17H21NO5/c19-10-17(22)16(21)15(20)14(23-17)9-18-8-11-5-6-12-3-1-2-4-13(12)7-11/h1-7,14-16,18-22H,8-10H2/t14-,15-,16+,17+/m1/s1. The molecule has 1 heterocycles. The molecule has 6 nitrogen and oxygen atoms in total. The summed E-state index contributed by atoms with van der Waals surface area (Å²) in [5.74, 6) is -2.10. The van der Waals surface area contributed by atoms with Crippen molar-refractivity contribution in [1.29, 1.82) is 0 Å². The van der Waals surface area contributed by atoms with Crippen molar-refractivity contribution in [3.8, 4) is 0 Å². The number of hydrogen-bond donors (Lipinski definition) is 5. The van der Waals surface area contributed by atoms with Gasteiger partial charge in [-0.3, -0.25) is 0 Å². The summed E-state index contributed by atoms with van der Waals surface area (Å²) in [6, 6.07) is 14.2. The molecule has 1 fully saturated rings. The van der Waals surface area contributed by atoms with Crippen LogP contribution in [0.15, 0.2) is 42.5 Å². The lowest BCUT2D eigenvalue weighted by atomic mass is 10.1. The Bertz CT molecular complexity index is 679. The first-order valence-electron chi connectivity index (χ1n) is 7.59. The van der Waals surface area contributed by atoms with Gasteiger partial charge in [0.15, 0.2) is 0 Å². The molecule has 2 aromatic rings. The number of fused-ring (bicyclic) bond motifs is 1. The Morgan fingerprint density at radius 1 is 1.09 bits per heavy atom. The Balaban J connectivity index is 1.58. The lowest BCUT2D eigenvalue weighted by Crippen LogP contribution is -2.46. The van der Waals surface area contributed by atoms with Gasteiger partial charge in [-0.25, -0.2) is 0 Å². The minimum absolute atomic E-state index is 0.243. The van der Waals surface area contributed by atoms with Crippen LogP contribution in [-0.4, -0.2) is 57.7 Å². The fourth-order valence-corrected chi connectivity index (χ4v) is 2.87. The zero-order valence-corrected chi connectivity index (χ0v) is 12.6. The topological polar surface area (TPSA) is 102 Å². The maximum atomic E-state index is 9.88. The van der Waals surface area contributed by atoms with E-state index < -0.39 is 30.7 Å². The van der Waals surface area contributed by atoms with Gasteiger partial charge in [0.1, 0.15) is 18.3 Å². The van der Waals surface area contributed by atoms with Crippen LogP contribution in [0.25, 0.3) is 10.8 Å². The van der Waals surface area contributed by atoms with Crippen molar-refractivity contribution < 1.29 is 25.2 Å². The molecule has 0 unspecified atom stereocenters. The van der Waals surface area contributed by atoms with Crippen molar-refractivity contribution in [3.63, 3.8) is 0 Å². The van der Waals surface area contributed by atoms with E-state index in [9.17, 15) is 15.3 Å². The molecule has 0 spiro atoms. The summed E-state index contributed by atoms with van der Waals surface area (Å²) in [6.45, 7) is 0.0326. The number of rotatable bonds is 5. The molecule has 0 radical (unpaired) electrons. The number of aliphatic hydroxyl groups is 4. The van der Waals surface area contributed by atoms with E-state index >= 15 is 0 Å². The highest BCUT2D eigenvalue weighted by molar-refractivity contribution is 5.82. The third-order valence-electron chi connectivity index (χ3n) is 4.24. The third kappa shape index (κ3) is 3.23. The van der Waals surface area contributed by atoms with Crippen molar-refractivity contribution in [1.82, 2.24) is 5.32 Å². The molecule has 4 atom stereocenters. The van der Waals surface area contributed by atoms with Gasteiger partial charge in [0.25, 0.3) is 0 Å². The van der Waals surface area contributed by atoms with Crippen LogP contribution in [0.4, 0.5) is 0 Å². The maximum absolute atomic E-state index is 9.88. The number of benzene rings is 2. The summed E-state index contributed by atoms with van der Waals surface area (Å²) in [6.07, 6.45) is -3.57. The molecule has 0 bridgehead atoms. The predicted octanol–water partition coefficient (Wildman–Crippen LogP) is -0.269. The van der Waals surface area contributed by atoms with Crippen molar-refractivity contribution in [2.45, 2.75) is 30.6 Å². The normalized spacial score (nSPS) is 30.9. The Hall–Kier alpha value is -1.54. The van der Waals surface area contributed by atoms with E-state index in [1.54, 1.807) is 0 Å². The molecule has 1 saturated heterocycles. The fourth-order valence-electron chi connectivity index (χ4n) is 2.87. The first-order chi connectivity index (χ1) is 11.0. The van der Waals surface area contributed by atoms with Crippen molar-refractivity contribution >= 4 is 10.8 Å². The smallest absolute Gasteiger partial charge is 0.219 e. The van der Waals surface area contributed by atoms with Gasteiger partial charge in [-0.15, -0.1) is 0 Å². The molecule has 0 amide bonds. The van der Waals surface area contributed by atoms with Crippen LogP contribution in [0.5, 0.6) is 0 Å². The van der Waals surface area contributed by atoms with Gasteiger partial charge in [-0.1, -0.05) is 36.4 Å². The quantitative estimate of drug-likeness (QED) is 0.520. The average Bonchev–Trinajstić information content (AvgIpc) is 2.79. The molecule has 6 heteroatoms.